The molecule has 0 unspecified atom stereocenters. The number of thioether (sulfide) groups is 1. The zero-order valence-corrected chi connectivity index (χ0v) is 38.9. The quantitative estimate of drug-likeness (QED) is 0.0138. The van der Waals surface area contributed by atoms with Crippen LogP contribution in [0.15, 0.2) is 178 Å². The molecule has 0 aliphatic carbocycles. The van der Waals surface area contributed by atoms with Crippen molar-refractivity contribution in [1.29, 1.82) is 0 Å². The minimum absolute atomic E-state index is 0.0254. The first kappa shape index (κ1) is 49.1. The Labute approximate surface area is 382 Å². The van der Waals surface area contributed by atoms with Crippen LogP contribution in [0.3, 0.4) is 0 Å². The van der Waals surface area contributed by atoms with Crippen LogP contribution in [0.4, 0.5) is 0 Å². The van der Waals surface area contributed by atoms with Crippen LogP contribution in [-0.4, -0.2) is 49.9 Å². The highest BCUT2D eigenvalue weighted by molar-refractivity contribution is 14.1. The van der Waals surface area contributed by atoms with Crippen LogP contribution in [0, 0.1) is 0 Å². The highest BCUT2D eigenvalue weighted by Gasteiger charge is 2.27. The van der Waals surface area contributed by atoms with Gasteiger partial charge in [-0.15, -0.1) is 0 Å². The SMILES string of the molecule is CCCCCCCCOC(=O)/C(=C/C=C/N(CCCCCCN(/C=C/C=C(/C(=O)OI)S(=O)(=O)c1ccccc1)Cc1ccccc1)Cc1ccccc1)Sc1ccccc1. The van der Waals surface area contributed by atoms with Crippen LogP contribution in [0.2, 0.25) is 0 Å². The molecule has 0 atom stereocenters. The second-order valence-corrected chi connectivity index (χ2v) is 18.0. The number of ether oxygens (including phenoxy) is 1. The molecule has 0 heterocycles. The number of benzene rings is 4. The molecule has 8 nitrogen and oxygen atoms in total. The van der Waals surface area contributed by atoms with Crippen LogP contribution in [0.25, 0.3) is 0 Å². The third-order valence-electron chi connectivity index (χ3n) is 9.70. The number of carbonyl (C=O) groups excluding carboxylic acids is 2. The van der Waals surface area contributed by atoms with E-state index in [4.69, 9.17) is 7.80 Å². The molecule has 0 aromatic heterocycles. The molecule has 0 radical (unpaired) electrons. The molecule has 4 aromatic rings. The number of hydrogen-bond donors (Lipinski definition) is 0. The molecule has 0 bridgehead atoms. The van der Waals surface area contributed by atoms with Gasteiger partial charge in [-0.1, -0.05) is 161 Å². The maximum Gasteiger partial charge on any atom is 0.359 e. The van der Waals surface area contributed by atoms with Gasteiger partial charge in [-0.25, -0.2) is 18.0 Å². The van der Waals surface area contributed by atoms with Crippen molar-refractivity contribution in [2.45, 2.75) is 94.0 Å². The van der Waals surface area contributed by atoms with Crippen LogP contribution in [0.5, 0.6) is 0 Å². The summed E-state index contributed by atoms with van der Waals surface area (Å²) in [5.74, 6) is -1.22. The Kier molecular flexibility index (Phi) is 23.2. The lowest BCUT2D eigenvalue weighted by molar-refractivity contribution is -0.138. The maximum absolute atomic E-state index is 13.3. The van der Waals surface area contributed by atoms with E-state index >= 15 is 0 Å². The van der Waals surface area contributed by atoms with E-state index in [0.29, 0.717) is 18.1 Å². The summed E-state index contributed by atoms with van der Waals surface area (Å²) in [6.45, 7) is 5.58. The van der Waals surface area contributed by atoms with E-state index in [2.05, 4.69) is 59.3 Å². The van der Waals surface area contributed by atoms with Crippen molar-refractivity contribution in [3.8, 4) is 0 Å². The monoisotopic (exact) mass is 974 g/mol. The lowest BCUT2D eigenvalue weighted by atomic mass is 10.1. The molecule has 0 saturated heterocycles. The van der Waals surface area contributed by atoms with Crippen LogP contribution in [0.1, 0.15) is 82.3 Å². The first-order valence-corrected chi connectivity index (χ1v) is 24.3. The summed E-state index contributed by atoms with van der Waals surface area (Å²) in [5, 5.41) is 0. The number of esters is 1. The molecule has 4 aromatic carbocycles. The minimum Gasteiger partial charge on any atom is -0.462 e. The Morgan fingerprint density at radius 1 is 0.607 bits per heavy atom. The number of unbranched alkanes of at least 4 members (excludes halogenated alkanes) is 8. The first-order valence-electron chi connectivity index (χ1n) is 21.2. The Hall–Kier alpha value is -4.59. The smallest absolute Gasteiger partial charge is 0.359 e. The van der Waals surface area contributed by atoms with E-state index < -0.39 is 20.7 Å². The molecule has 324 valence electrons. The number of halogens is 1. The van der Waals surface area contributed by atoms with Crippen molar-refractivity contribution in [2.75, 3.05) is 19.7 Å². The average Bonchev–Trinajstić information content (AvgIpc) is 3.29. The van der Waals surface area contributed by atoms with E-state index in [1.165, 1.54) is 84.2 Å². The first-order chi connectivity index (χ1) is 29.8. The molecule has 0 saturated carbocycles. The zero-order chi connectivity index (χ0) is 43.4. The van der Waals surface area contributed by atoms with Crippen molar-refractivity contribution in [3.05, 3.63) is 179 Å². The highest BCUT2D eigenvalue weighted by atomic mass is 127. The number of rotatable bonds is 28. The van der Waals surface area contributed by atoms with Gasteiger partial charge in [0.2, 0.25) is 9.84 Å². The summed E-state index contributed by atoms with van der Waals surface area (Å²) in [6.07, 6.45) is 21.3. The number of hydrogen-bond acceptors (Lipinski definition) is 9. The molecule has 0 N–H and O–H groups in total. The summed E-state index contributed by atoms with van der Waals surface area (Å²) < 4.78 is 37.2. The summed E-state index contributed by atoms with van der Waals surface area (Å²) in [5.41, 5.74) is 2.32. The van der Waals surface area contributed by atoms with Crippen LogP contribution in [-0.2, 0) is 40.3 Å². The van der Waals surface area contributed by atoms with Crippen LogP contribution < -0.4 is 0 Å². The molecule has 0 aliphatic rings. The molecule has 0 aliphatic heterocycles. The number of nitrogens with zero attached hydrogens (tertiary/aromatic N) is 2. The highest BCUT2D eigenvalue weighted by Crippen LogP contribution is 2.28. The van der Waals surface area contributed by atoms with Gasteiger partial charge in [0.15, 0.2) is 27.9 Å². The van der Waals surface area contributed by atoms with Gasteiger partial charge < -0.3 is 17.6 Å². The maximum atomic E-state index is 13.3. The largest absolute Gasteiger partial charge is 0.462 e. The number of sulfone groups is 1. The Balaban J connectivity index is 1.39. The van der Waals surface area contributed by atoms with Gasteiger partial charge in [0, 0.05) is 31.1 Å². The van der Waals surface area contributed by atoms with Gasteiger partial charge >= 0.3 is 11.9 Å². The van der Waals surface area contributed by atoms with Crippen LogP contribution >= 0.6 is 34.8 Å². The summed E-state index contributed by atoms with van der Waals surface area (Å²) in [4.78, 5) is 31.5. The van der Waals surface area contributed by atoms with Crippen molar-refractivity contribution >= 4 is 56.5 Å². The average molecular weight is 975 g/mol. The molecular weight excluding hydrogens is 916 g/mol. The zero-order valence-electron chi connectivity index (χ0n) is 35.2. The second-order valence-electron chi connectivity index (χ2n) is 14.6. The number of allylic oxidation sites excluding steroid dienone is 4. The lowest BCUT2D eigenvalue weighted by Crippen LogP contribution is -2.19. The third-order valence-corrected chi connectivity index (χ3v) is 12.9. The minimum atomic E-state index is -4.08. The van der Waals surface area contributed by atoms with E-state index in [1.54, 1.807) is 24.3 Å². The Bertz CT molecular complexity index is 2090. The fourth-order valence-electron chi connectivity index (χ4n) is 6.45. The summed E-state index contributed by atoms with van der Waals surface area (Å²) >= 11 is 2.84. The Morgan fingerprint density at radius 2 is 1.08 bits per heavy atom. The van der Waals surface area contributed by atoms with Crippen molar-refractivity contribution in [3.63, 3.8) is 0 Å². The molecule has 0 amide bonds. The summed E-state index contributed by atoms with van der Waals surface area (Å²) in [6, 6.07) is 38.2. The predicted octanol–water partition coefficient (Wildman–Crippen LogP) is 12.4. The fraction of sp³-hybridized carbons (Fsp3) is 0.320. The standard InChI is InChI=1S/C50H59IN2O6S2/c1-2-3-4-5-8-23-40-58-49(54)47(60-45-30-17-11-18-31-45)34-24-38-52(41-43-26-13-9-14-27-43)36-21-6-7-22-37-53(42-44-28-15-10-16-29-44)39-25-35-48(50(55)59-51)61(56,57)46-32-19-12-20-33-46/h9-20,24-35,38-39H,2-8,21-23,36-37,40-42H2,1H3/b38-24+,39-25+,47-34-,48-35-. The van der Waals surface area contributed by atoms with Crippen molar-refractivity contribution in [2.24, 2.45) is 0 Å². The van der Waals surface area contributed by atoms with E-state index in [1.807, 2.05) is 72.9 Å². The fourth-order valence-corrected chi connectivity index (χ4v) is 8.96. The molecule has 0 fully saturated rings. The van der Waals surface area contributed by atoms with Gasteiger partial charge in [0.1, 0.15) is 0 Å². The van der Waals surface area contributed by atoms with E-state index in [-0.39, 0.29) is 10.9 Å². The second kappa shape index (κ2) is 28.8. The molecule has 11 heteroatoms. The summed E-state index contributed by atoms with van der Waals surface area (Å²) in [7, 11) is -4.08. The number of carbonyl (C=O) groups is 2. The topological polar surface area (TPSA) is 93.2 Å². The molecule has 61 heavy (non-hydrogen) atoms. The van der Waals surface area contributed by atoms with Gasteiger partial charge in [0.25, 0.3) is 0 Å². The molecule has 4 rings (SSSR count). The van der Waals surface area contributed by atoms with Crippen molar-refractivity contribution < 1.29 is 25.8 Å². The van der Waals surface area contributed by atoms with Gasteiger partial charge in [-0.3, -0.25) is 0 Å². The van der Waals surface area contributed by atoms with Gasteiger partial charge in [-0.05, 0) is 91.4 Å². The Morgan fingerprint density at radius 3 is 1.62 bits per heavy atom. The van der Waals surface area contributed by atoms with E-state index in [0.717, 1.165) is 68.6 Å². The van der Waals surface area contributed by atoms with Gasteiger partial charge in [-0.2, -0.15) is 0 Å². The normalized spacial score (nSPS) is 12.2. The molecular formula is C50H59IN2O6S2. The third kappa shape index (κ3) is 18.9. The van der Waals surface area contributed by atoms with Gasteiger partial charge in [0.05, 0.1) is 16.4 Å². The van der Waals surface area contributed by atoms with Crippen molar-refractivity contribution in [1.82, 2.24) is 9.80 Å². The predicted molar refractivity (Wildman–Crippen MR) is 257 cm³/mol. The molecule has 0 spiro atoms. The van der Waals surface area contributed by atoms with E-state index in [9.17, 15) is 18.0 Å². The lowest BCUT2D eigenvalue weighted by Gasteiger charge is -2.22.